The average Bonchev–Trinajstić information content (AvgIpc) is 3.31. The Bertz CT molecular complexity index is 924. The van der Waals surface area contributed by atoms with Gasteiger partial charge in [0.1, 0.15) is 0 Å². The average molecular weight is 366 g/mol. The second-order valence-electron chi connectivity index (χ2n) is 5.97. The van der Waals surface area contributed by atoms with Crippen molar-refractivity contribution in [2.24, 2.45) is 0 Å². The highest BCUT2D eigenvalue weighted by Crippen LogP contribution is 2.36. The van der Waals surface area contributed by atoms with Gasteiger partial charge in [0, 0.05) is 10.9 Å². The summed E-state index contributed by atoms with van der Waals surface area (Å²) in [6, 6.07) is 15.5. The van der Waals surface area contributed by atoms with E-state index in [4.69, 9.17) is 9.47 Å². The van der Waals surface area contributed by atoms with Crippen LogP contribution in [0.1, 0.15) is 24.8 Å². The lowest BCUT2D eigenvalue weighted by Gasteiger charge is -2.14. The van der Waals surface area contributed by atoms with Gasteiger partial charge >= 0.3 is 0 Å². The van der Waals surface area contributed by atoms with Crippen LogP contribution in [0, 0.1) is 0 Å². The van der Waals surface area contributed by atoms with Crippen LogP contribution < -0.4 is 14.8 Å². The molecule has 0 fully saturated rings. The lowest BCUT2D eigenvalue weighted by Crippen LogP contribution is -2.20. The lowest BCUT2D eigenvalue weighted by molar-refractivity contribution is -0.117. The van der Waals surface area contributed by atoms with Crippen molar-refractivity contribution in [2.75, 3.05) is 12.1 Å². The topological polar surface area (TPSA) is 60.5 Å². The number of fused-ring (bicyclic) bond motifs is 1. The van der Waals surface area contributed by atoms with Crippen LogP contribution in [-0.2, 0) is 4.79 Å². The second-order valence-corrected chi connectivity index (χ2v) is 6.82. The summed E-state index contributed by atoms with van der Waals surface area (Å²) >= 11 is 1.41. The number of hydrogen-bond acceptors (Lipinski definition) is 5. The summed E-state index contributed by atoms with van der Waals surface area (Å²) in [5.74, 6) is 1.24. The molecule has 3 aromatic rings. The monoisotopic (exact) mass is 366 g/mol. The van der Waals surface area contributed by atoms with Gasteiger partial charge in [-0.15, -0.1) is 11.3 Å². The van der Waals surface area contributed by atoms with Gasteiger partial charge in [0.25, 0.3) is 0 Å². The number of anilines is 1. The molecule has 1 aliphatic heterocycles. The molecule has 1 N–H and O–H groups in total. The molecule has 26 heavy (non-hydrogen) atoms. The molecule has 0 bridgehead atoms. The molecule has 2 heterocycles. The standard InChI is InChI=1S/C20H18N2O3S/c1-2-15(13-6-4-3-5-7-13)19(23)22-20-21-16(11-26-20)14-8-9-17-18(10-14)25-12-24-17/h3-11,15H,2,12H2,1H3,(H,21,22,23)/t15-/m0/s1. The molecule has 6 heteroatoms. The first-order valence-electron chi connectivity index (χ1n) is 8.46. The van der Waals surface area contributed by atoms with E-state index in [1.807, 2.05) is 60.8 Å². The van der Waals surface area contributed by atoms with E-state index in [9.17, 15) is 4.79 Å². The van der Waals surface area contributed by atoms with E-state index in [1.165, 1.54) is 11.3 Å². The van der Waals surface area contributed by atoms with E-state index >= 15 is 0 Å². The molecule has 132 valence electrons. The van der Waals surface area contributed by atoms with Gasteiger partial charge in [-0.2, -0.15) is 0 Å². The van der Waals surface area contributed by atoms with Gasteiger partial charge in [-0.25, -0.2) is 4.98 Å². The molecule has 1 amide bonds. The summed E-state index contributed by atoms with van der Waals surface area (Å²) in [7, 11) is 0. The van der Waals surface area contributed by atoms with Crippen LogP contribution in [0.25, 0.3) is 11.3 Å². The van der Waals surface area contributed by atoms with Crippen LogP contribution in [0.15, 0.2) is 53.9 Å². The molecular formula is C20H18N2O3S. The maximum Gasteiger partial charge on any atom is 0.233 e. The zero-order valence-corrected chi connectivity index (χ0v) is 15.1. The number of nitrogens with zero attached hydrogens (tertiary/aromatic N) is 1. The van der Waals surface area contributed by atoms with Gasteiger partial charge in [-0.3, -0.25) is 4.79 Å². The summed E-state index contributed by atoms with van der Waals surface area (Å²) in [5, 5.41) is 5.47. The van der Waals surface area contributed by atoms with Gasteiger partial charge in [0.05, 0.1) is 11.6 Å². The fourth-order valence-electron chi connectivity index (χ4n) is 2.97. The Morgan fingerprint density at radius 1 is 1.19 bits per heavy atom. The molecular weight excluding hydrogens is 348 g/mol. The summed E-state index contributed by atoms with van der Waals surface area (Å²) in [6.45, 7) is 2.26. The van der Waals surface area contributed by atoms with Crippen LogP contribution in [0.4, 0.5) is 5.13 Å². The van der Waals surface area contributed by atoms with E-state index in [2.05, 4.69) is 10.3 Å². The zero-order chi connectivity index (χ0) is 17.9. The molecule has 0 saturated carbocycles. The maximum atomic E-state index is 12.7. The van der Waals surface area contributed by atoms with Crippen molar-refractivity contribution in [3.8, 4) is 22.8 Å². The molecule has 1 atom stereocenters. The Morgan fingerprint density at radius 3 is 2.81 bits per heavy atom. The zero-order valence-electron chi connectivity index (χ0n) is 14.3. The Hall–Kier alpha value is -2.86. The Labute approximate surface area is 155 Å². The molecule has 0 spiro atoms. The summed E-state index contributed by atoms with van der Waals surface area (Å²) in [5.41, 5.74) is 2.75. The number of nitrogens with one attached hydrogen (secondary N) is 1. The quantitative estimate of drug-likeness (QED) is 0.713. The maximum absolute atomic E-state index is 12.7. The van der Waals surface area contributed by atoms with Crippen molar-refractivity contribution < 1.29 is 14.3 Å². The normalized spacial score (nSPS) is 13.4. The number of thiazole rings is 1. The minimum absolute atomic E-state index is 0.0368. The SMILES string of the molecule is CC[C@H](C(=O)Nc1nc(-c2ccc3c(c2)OCO3)cs1)c1ccccc1. The summed E-state index contributed by atoms with van der Waals surface area (Å²) < 4.78 is 10.7. The molecule has 5 nitrogen and oxygen atoms in total. The Kier molecular flexibility index (Phi) is 4.58. The molecule has 0 unspecified atom stereocenters. The summed E-state index contributed by atoms with van der Waals surface area (Å²) in [6.07, 6.45) is 0.732. The molecule has 2 aromatic carbocycles. The predicted octanol–water partition coefficient (Wildman–Crippen LogP) is 4.67. The van der Waals surface area contributed by atoms with Crippen molar-refractivity contribution in [1.82, 2.24) is 4.98 Å². The largest absolute Gasteiger partial charge is 0.454 e. The number of hydrogen-bond donors (Lipinski definition) is 1. The van der Waals surface area contributed by atoms with Gasteiger partial charge in [0.2, 0.25) is 12.7 Å². The molecule has 0 radical (unpaired) electrons. The van der Waals surface area contributed by atoms with E-state index in [0.29, 0.717) is 5.13 Å². The van der Waals surface area contributed by atoms with Crippen molar-refractivity contribution in [3.05, 3.63) is 59.5 Å². The number of carbonyl (C=O) groups excluding carboxylic acids is 1. The molecule has 4 rings (SSSR count). The molecule has 1 aliphatic rings. The highest BCUT2D eigenvalue weighted by atomic mass is 32.1. The van der Waals surface area contributed by atoms with E-state index in [-0.39, 0.29) is 18.6 Å². The third-order valence-corrected chi connectivity index (χ3v) is 5.09. The van der Waals surface area contributed by atoms with Crippen LogP contribution in [0.3, 0.4) is 0 Å². The third-order valence-electron chi connectivity index (χ3n) is 4.33. The van der Waals surface area contributed by atoms with Gasteiger partial charge in [-0.05, 0) is 30.2 Å². The first-order valence-corrected chi connectivity index (χ1v) is 9.34. The number of ether oxygens (including phenoxy) is 2. The van der Waals surface area contributed by atoms with E-state index < -0.39 is 0 Å². The number of rotatable bonds is 5. The number of amides is 1. The van der Waals surface area contributed by atoms with Gasteiger partial charge < -0.3 is 14.8 Å². The van der Waals surface area contributed by atoms with Gasteiger partial charge in [0.15, 0.2) is 16.6 Å². The van der Waals surface area contributed by atoms with Crippen molar-refractivity contribution in [3.63, 3.8) is 0 Å². The van der Waals surface area contributed by atoms with Crippen molar-refractivity contribution in [2.45, 2.75) is 19.3 Å². The molecule has 0 aliphatic carbocycles. The fraction of sp³-hybridized carbons (Fsp3) is 0.200. The third kappa shape index (κ3) is 3.28. The van der Waals surface area contributed by atoms with E-state index in [1.54, 1.807) is 0 Å². The number of carbonyl (C=O) groups is 1. The first-order chi connectivity index (χ1) is 12.7. The number of aromatic nitrogens is 1. The van der Waals surface area contributed by atoms with Crippen molar-refractivity contribution in [1.29, 1.82) is 0 Å². The lowest BCUT2D eigenvalue weighted by atomic mass is 9.96. The second kappa shape index (κ2) is 7.17. The van der Waals surface area contributed by atoms with E-state index in [0.717, 1.165) is 34.7 Å². The van der Waals surface area contributed by atoms with Crippen LogP contribution in [0.2, 0.25) is 0 Å². The molecule has 1 aromatic heterocycles. The van der Waals surface area contributed by atoms with Crippen LogP contribution >= 0.6 is 11.3 Å². The minimum atomic E-state index is -0.186. The Balaban J connectivity index is 1.50. The van der Waals surface area contributed by atoms with Crippen molar-refractivity contribution >= 4 is 22.4 Å². The van der Waals surface area contributed by atoms with Crippen LogP contribution in [-0.4, -0.2) is 17.7 Å². The number of benzene rings is 2. The fourth-order valence-corrected chi connectivity index (χ4v) is 3.69. The summed E-state index contributed by atoms with van der Waals surface area (Å²) in [4.78, 5) is 17.2. The highest BCUT2D eigenvalue weighted by Gasteiger charge is 2.20. The smallest absolute Gasteiger partial charge is 0.233 e. The predicted molar refractivity (Wildman–Crippen MR) is 102 cm³/mol. The Morgan fingerprint density at radius 2 is 2.00 bits per heavy atom. The first kappa shape index (κ1) is 16.6. The van der Waals surface area contributed by atoms with Crippen LogP contribution in [0.5, 0.6) is 11.5 Å². The van der Waals surface area contributed by atoms with Gasteiger partial charge in [-0.1, -0.05) is 37.3 Å². The minimum Gasteiger partial charge on any atom is -0.454 e. The molecule has 0 saturated heterocycles. The highest BCUT2D eigenvalue weighted by molar-refractivity contribution is 7.14.